The molecule has 0 saturated carbocycles. The molecule has 1 aromatic carbocycles. The summed E-state index contributed by atoms with van der Waals surface area (Å²) in [6.45, 7) is 10.2. The number of carbonyl (C=O) groups is 1. The molecular formula is C17H23N3OS. The van der Waals surface area contributed by atoms with Gasteiger partial charge in [0, 0.05) is 17.0 Å². The highest BCUT2D eigenvalue weighted by molar-refractivity contribution is 8.00. The van der Waals surface area contributed by atoms with Gasteiger partial charge in [0.05, 0.1) is 11.4 Å². The molecule has 0 spiro atoms. The number of hydrogen-bond acceptors (Lipinski definition) is 3. The molecule has 118 valence electrons. The summed E-state index contributed by atoms with van der Waals surface area (Å²) in [4.78, 5) is 13.5. The van der Waals surface area contributed by atoms with Crippen LogP contribution in [0.2, 0.25) is 0 Å². The summed E-state index contributed by atoms with van der Waals surface area (Å²) in [5.74, 6) is 0.737. The van der Waals surface area contributed by atoms with Crippen LogP contribution < -0.4 is 5.32 Å². The van der Waals surface area contributed by atoms with Gasteiger partial charge in [0.25, 0.3) is 0 Å². The molecule has 0 fully saturated rings. The van der Waals surface area contributed by atoms with Crippen molar-refractivity contribution in [2.45, 2.75) is 50.8 Å². The van der Waals surface area contributed by atoms with E-state index < -0.39 is 0 Å². The number of amides is 1. The highest BCUT2D eigenvalue weighted by Crippen LogP contribution is 2.28. The number of thioether (sulfide) groups is 1. The zero-order valence-electron chi connectivity index (χ0n) is 13.8. The van der Waals surface area contributed by atoms with E-state index in [1.807, 2.05) is 31.5 Å². The van der Waals surface area contributed by atoms with Crippen LogP contribution in [0.3, 0.4) is 0 Å². The van der Waals surface area contributed by atoms with Crippen molar-refractivity contribution in [3.63, 3.8) is 0 Å². The molecule has 1 unspecified atom stereocenters. The summed E-state index contributed by atoms with van der Waals surface area (Å²) in [5.41, 5.74) is 2.44. The Kier molecular flexibility index (Phi) is 5.29. The Morgan fingerprint density at radius 2 is 1.95 bits per heavy atom. The molecule has 2 aromatic rings. The van der Waals surface area contributed by atoms with Crippen LogP contribution in [0, 0.1) is 13.8 Å². The van der Waals surface area contributed by atoms with Crippen molar-refractivity contribution in [3.8, 4) is 0 Å². The minimum Gasteiger partial charge on any atom is -0.310 e. The second-order valence-electron chi connectivity index (χ2n) is 5.77. The minimum atomic E-state index is -0.170. The van der Waals surface area contributed by atoms with Crippen molar-refractivity contribution < 1.29 is 4.79 Å². The topological polar surface area (TPSA) is 46.9 Å². The zero-order valence-corrected chi connectivity index (χ0v) is 14.6. The molecule has 1 N–H and O–H groups in total. The molecule has 22 heavy (non-hydrogen) atoms. The number of aromatic nitrogens is 2. The molecule has 2 rings (SSSR count). The summed E-state index contributed by atoms with van der Waals surface area (Å²) < 4.78 is 1.81. The van der Waals surface area contributed by atoms with Crippen molar-refractivity contribution in [1.29, 1.82) is 0 Å². The highest BCUT2D eigenvalue weighted by Gasteiger charge is 2.17. The smallest absolute Gasteiger partial charge is 0.238 e. The van der Waals surface area contributed by atoms with Gasteiger partial charge in [0.2, 0.25) is 5.91 Å². The third-order valence-electron chi connectivity index (χ3n) is 3.41. The average Bonchev–Trinajstić information content (AvgIpc) is 2.90. The lowest BCUT2D eigenvalue weighted by Gasteiger charge is -2.16. The van der Waals surface area contributed by atoms with E-state index in [2.05, 4.69) is 42.5 Å². The fraction of sp³-hybridized carbons (Fsp3) is 0.412. The lowest BCUT2D eigenvalue weighted by atomic mass is 10.2. The molecule has 0 aliphatic rings. The Hall–Kier alpha value is -1.75. The monoisotopic (exact) mass is 317 g/mol. The van der Waals surface area contributed by atoms with Gasteiger partial charge in [-0.2, -0.15) is 5.10 Å². The molecule has 1 heterocycles. The standard InChI is InChI=1S/C17H23N3OS/c1-11(2)20-16(8-9-18-20)19-17(21)14(5)22-15-7-6-12(3)10-13(15)4/h6-11,14H,1-5H3,(H,19,21). The van der Waals surface area contributed by atoms with Crippen molar-refractivity contribution in [1.82, 2.24) is 9.78 Å². The van der Waals surface area contributed by atoms with Crippen molar-refractivity contribution in [2.75, 3.05) is 5.32 Å². The molecule has 1 aromatic heterocycles. The van der Waals surface area contributed by atoms with Crippen LogP contribution >= 0.6 is 11.8 Å². The Morgan fingerprint density at radius 1 is 1.23 bits per heavy atom. The average molecular weight is 317 g/mol. The fourth-order valence-corrected chi connectivity index (χ4v) is 3.17. The van der Waals surface area contributed by atoms with E-state index in [0.717, 1.165) is 10.7 Å². The number of rotatable bonds is 5. The lowest BCUT2D eigenvalue weighted by molar-refractivity contribution is -0.115. The number of anilines is 1. The minimum absolute atomic E-state index is 0.00706. The first-order chi connectivity index (χ1) is 10.4. The Bertz CT molecular complexity index is 664. The van der Waals surface area contributed by atoms with Gasteiger partial charge in [-0.25, -0.2) is 4.68 Å². The number of nitrogens with one attached hydrogen (secondary N) is 1. The molecule has 0 aliphatic carbocycles. The molecule has 1 atom stereocenters. The van der Waals surface area contributed by atoms with Gasteiger partial charge >= 0.3 is 0 Å². The van der Waals surface area contributed by atoms with E-state index >= 15 is 0 Å². The van der Waals surface area contributed by atoms with E-state index in [0.29, 0.717) is 0 Å². The van der Waals surface area contributed by atoms with E-state index in [9.17, 15) is 4.79 Å². The SMILES string of the molecule is Cc1ccc(SC(C)C(=O)Nc2ccnn2C(C)C)c(C)c1. The predicted molar refractivity (Wildman–Crippen MR) is 92.5 cm³/mol. The van der Waals surface area contributed by atoms with Gasteiger partial charge in [0.15, 0.2) is 0 Å². The summed E-state index contributed by atoms with van der Waals surface area (Å²) >= 11 is 1.58. The summed E-state index contributed by atoms with van der Waals surface area (Å²) in [6.07, 6.45) is 1.71. The Morgan fingerprint density at radius 3 is 2.59 bits per heavy atom. The van der Waals surface area contributed by atoms with Crippen molar-refractivity contribution in [2.24, 2.45) is 0 Å². The molecule has 0 radical (unpaired) electrons. The number of aryl methyl sites for hydroxylation is 2. The van der Waals surface area contributed by atoms with Gasteiger partial charge in [-0.05, 0) is 46.2 Å². The normalized spacial score (nSPS) is 12.5. The van der Waals surface area contributed by atoms with Gasteiger partial charge in [-0.15, -0.1) is 11.8 Å². The molecule has 1 amide bonds. The van der Waals surface area contributed by atoms with E-state index in [1.54, 1.807) is 18.0 Å². The van der Waals surface area contributed by atoms with Crippen LogP contribution in [0.25, 0.3) is 0 Å². The lowest BCUT2D eigenvalue weighted by Crippen LogP contribution is -2.24. The zero-order chi connectivity index (χ0) is 16.3. The molecule has 0 aliphatic heterocycles. The van der Waals surface area contributed by atoms with Crippen LogP contribution in [-0.2, 0) is 4.79 Å². The van der Waals surface area contributed by atoms with Crippen molar-refractivity contribution >= 4 is 23.5 Å². The Labute approximate surface area is 136 Å². The summed E-state index contributed by atoms with van der Waals surface area (Å²) in [7, 11) is 0. The first kappa shape index (κ1) is 16.6. The van der Waals surface area contributed by atoms with Gasteiger partial charge in [-0.3, -0.25) is 4.79 Å². The molecule has 4 nitrogen and oxygen atoms in total. The quantitative estimate of drug-likeness (QED) is 0.841. The number of hydrogen-bond donors (Lipinski definition) is 1. The molecule has 0 bridgehead atoms. The highest BCUT2D eigenvalue weighted by atomic mass is 32.2. The second-order valence-corrected chi connectivity index (χ2v) is 7.16. The van der Waals surface area contributed by atoms with E-state index in [4.69, 9.17) is 0 Å². The third kappa shape index (κ3) is 3.91. The first-order valence-corrected chi connectivity index (χ1v) is 8.34. The van der Waals surface area contributed by atoms with Crippen LogP contribution in [0.1, 0.15) is 37.9 Å². The number of carbonyl (C=O) groups excluding carboxylic acids is 1. The fourth-order valence-electron chi connectivity index (χ4n) is 2.23. The van der Waals surface area contributed by atoms with E-state index in [1.165, 1.54) is 11.1 Å². The molecule has 5 heteroatoms. The van der Waals surface area contributed by atoms with Gasteiger partial charge in [-0.1, -0.05) is 17.7 Å². The number of benzene rings is 1. The maximum absolute atomic E-state index is 12.4. The van der Waals surface area contributed by atoms with Crippen LogP contribution in [0.5, 0.6) is 0 Å². The van der Waals surface area contributed by atoms with Crippen molar-refractivity contribution in [3.05, 3.63) is 41.6 Å². The van der Waals surface area contributed by atoms with Crippen LogP contribution in [-0.4, -0.2) is 20.9 Å². The molecular weight excluding hydrogens is 294 g/mol. The first-order valence-electron chi connectivity index (χ1n) is 7.46. The molecule has 0 saturated heterocycles. The maximum atomic E-state index is 12.4. The van der Waals surface area contributed by atoms with Crippen LogP contribution in [0.15, 0.2) is 35.4 Å². The largest absolute Gasteiger partial charge is 0.310 e. The van der Waals surface area contributed by atoms with Gasteiger partial charge < -0.3 is 5.32 Å². The third-order valence-corrected chi connectivity index (χ3v) is 4.69. The summed E-state index contributed by atoms with van der Waals surface area (Å²) in [5, 5.41) is 7.02. The predicted octanol–water partition coefficient (Wildman–Crippen LogP) is 4.20. The number of nitrogens with zero attached hydrogens (tertiary/aromatic N) is 2. The van der Waals surface area contributed by atoms with Crippen LogP contribution in [0.4, 0.5) is 5.82 Å². The summed E-state index contributed by atoms with van der Waals surface area (Å²) in [6, 6.07) is 8.34. The second kappa shape index (κ2) is 7.01. The maximum Gasteiger partial charge on any atom is 0.238 e. The van der Waals surface area contributed by atoms with E-state index in [-0.39, 0.29) is 17.2 Å². The van der Waals surface area contributed by atoms with Gasteiger partial charge in [0.1, 0.15) is 5.82 Å². The Balaban J connectivity index is 2.04.